The molecule has 0 bridgehead atoms. The normalized spacial score (nSPS) is 13.5. The van der Waals surface area contributed by atoms with E-state index in [1.165, 1.54) is 6.07 Å². The molecule has 0 amide bonds. The van der Waals surface area contributed by atoms with E-state index in [0.717, 1.165) is 11.3 Å². The van der Waals surface area contributed by atoms with Crippen molar-refractivity contribution >= 4 is 27.5 Å². The molecular weight excluding hydrogens is 289 g/mol. The molecule has 6 heteroatoms. The van der Waals surface area contributed by atoms with Crippen LogP contribution in [-0.4, -0.2) is 17.1 Å². The minimum atomic E-state index is -0.294. The highest BCUT2D eigenvalue weighted by atomic mass is 79.9. The van der Waals surface area contributed by atoms with E-state index in [4.69, 9.17) is 10.9 Å². The second kappa shape index (κ2) is 5.86. The summed E-state index contributed by atoms with van der Waals surface area (Å²) >= 11 is 3.13. The topological polar surface area (TPSA) is 70.6 Å². The van der Waals surface area contributed by atoms with Crippen LogP contribution in [-0.2, 0) is 0 Å². The number of amidine groups is 1. The fourth-order valence-electron chi connectivity index (χ4n) is 1.47. The Morgan fingerprint density at radius 1 is 1.65 bits per heavy atom. The SMILES string of the molecule is Cc1cc(F)c(Br)cc1NC(C)C/C(N)=N/O. The van der Waals surface area contributed by atoms with Crippen molar-refractivity contribution in [3.8, 4) is 0 Å². The van der Waals surface area contributed by atoms with Crippen molar-refractivity contribution in [2.24, 2.45) is 10.9 Å². The lowest BCUT2D eigenvalue weighted by Gasteiger charge is -2.16. The molecule has 0 fully saturated rings. The summed E-state index contributed by atoms with van der Waals surface area (Å²) in [4.78, 5) is 0. The highest BCUT2D eigenvalue weighted by molar-refractivity contribution is 9.10. The summed E-state index contributed by atoms with van der Waals surface area (Å²) in [7, 11) is 0. The van der Waals surface area contributed by atoms with Gasteiger partial charge in [0.1, 0.15) is 11.7 Å². The van der Waals surface area contributed by atoms with Crippen molar-refractivity contribution in [3.63, 3.8) is 0 Å². The molecule has 0 saturated carbocycles. The fourth-order valence-corrected chi connectivity index (χ4v) is 1.82. The molecule has 0 aliphatic carbocycles. The number of rotatable bonds is 4. The fraction of sp³-hybridized carbons (Fsp3) is 0.364. The van der Waals surface area contributed by atoms with Crippen molar-refractivity contribution < 1.29 is 9.60 Å². The van der Waals surface area contributed by atoms with Crippen LogP contribution in [0.15, 0.2) is 21.8 Å². The molecule has 17 heavy (non-hydrogen) atoms. The van der Waals surface area contributed by atoms with Gasteiger partial charge in [-0.2, -0.15) is 0 Å². The molecule has 1 rings (SSSR count). The highest BCUT2D eigenvalue weighted by Crippen LogP contribution is 2.24. The smallest absolute Gasteiger partial charge is 0.141 e. The lowest BCUT2D eigenvalue weighted by molar-refractivity contribution is 0.316. The van der Waals surface area contributed by atoms with E-state index in [0.29, 0.717) is 10.9 Å². The summed E-state index contributed by atoms with van der Waals surface area (Å²) < 4.78 is 13.6. The third kappa shape index (κ3) is 3.89. The molecule has 0 heterocycles. The minimum absolute atomic E-state index is 0.0121. The molecule has 0 spiro atoms. The van der Waals surface area contributed by atoms with Crippen LogP contribution < -0.4 is 11.1 Å². The Hall–Kier alpha value is -1.30. The summed E-state index contributed by atoms with van der Waals surface area (Å²) in [5.41, 5.74) is 7.03. The van der Waals surface area contributed by atoms with Crippen LogP contribution in [0.5, 0.6) is 0 Å². The second-order valence-electron chi connectivity index (χ2n) is 3.92. The summed E-state index contributed by atoms with van der Waals surface area (Å²) in [6.07, 6.45) is 0.408. The van der Waals surface area contributed by atoms with Gasteiger partial charge in [0, 0.05) is 18.2 Å². The Labute approximate surface area is 108 Å². The van der Waals surface area contributed by atoms with Gasteiger partial charge in [-0.15, -0.1) is 0 Å². The maximum absolute atomic E-state index is 13.2. The first kappa shape index (κ1) is 13.8. The molecule has 1 aromatic carbocycles. The molecule has 4 nitrogen and oxygen atoms in total. The third-order valence-corrected chi connectivity index (χ3v) is 2.92. The number of anilines is 1. The maximum atomic E-state index is 13.2. The Balaban J connectivity index is 2.78. The first-order valence-corrected chi connectivity index (χ1v) is 5.92. The number of benzene rings is 1. The van der Waals surface area contributed by atoms with E-state index in [1.807, 2.05) is 13.8 Å². The number of aryl methyl sites for hydroxylation is 1. The first-order chi connectivity index (χ1) is 7.93. The van der Waals surface area contributed by atoms with Crippen LogP contribution in [0.2, 0.25) is 0 Å². The van der Waals surface area contributed by atoms with Gasteiger partial charge in [-0.3, -0.25) is 0 Å². The van der Waals surface area contributed by atoms with Crippen molar-refractivity contribution in [2.45, 2.75) is 26.3 Å². The van der Waals surface area contributed by atoms with Gasteiger partial charge in [0.05, 0.1) is 4.47 Å². The van der Waals surface area contributed by atoms with Crippen LogP contribution in [0.3, 0.4) is 0 Å². The molecule has 1 unspecified atom stereocenters. The van der Waals surface area contributed by atoms with Crippen LogP contribution in [0.25, 0.3) is 0 Å². The van der Waals surface area contributed by atoms with Crippen LogP contribution in [0.1, 0.15) is 18.9 Å². The second-order valence-corrected chi connectivity index (χ2v) is 4.78. The maximum Gasteiger partial charge on any atom is 0.141 e. The Morgan fingerprint density at radius 3 is 2.88 bits per heavy atom. The van der Waals surface area contributed by atoms with Gasteiger partial charge in [0.25, 0.3) is 0 Å². The summed E-state index contributed by atoms with van der Waals surface area (Å²) in [6, 6.07) is 3.11. The lowest BCUT2D eigenvalue weighted by atomic mass is 10.1. The zero-order chi connectivity index (χ0) is 13.0. The first-order valence-electron chi connectivity index (χ1n) is 5.12. The van der Waals surface area contributed by atoms with Crippen molar-refractivity contribution in [2.75, 3.05) is 5.32 Å². The van der Waals surface area contributed by atoms with Gasteiger partial charge < -0.3 is 16.3 Å². The van der Waals surface area contributed by atoms with Gasteiger partial charge >= 0.3 is 0 Å². The Bertz CT molecular complexity index is 437. The number of nitrogens with zero attached hydrogens (tertiary/aromatic N) is 1. The van der Waals surface area contributed by atoms with Gasteiger partial charge in [-0.05, 0) is 47.5 Å². The monoisotopic (exact) mass is 303 g/mol. The molecule has 94 valence electrons. The van der Waals surface area contributed by atoms with E-state index in [1.54, 1.807) is 6.07 Å². The van der Waals surface area contributed by atoms with Crippen molar-refractivity contribution in [3.05, 3.63) is 28.0 Å². The molecule has 0 aliphatic heterocycles. The van der Waals surface area contributed by atoms with E-state index >= 15 is 0 Å². The number of halogens is 2. The Kier molecular flexibility index (Phi) is 4.74. The van der Waals surface area contributed by atoms with E-state index < -0.39 is 0 Å². The number of hydrogen-bond donors (Lipinski definition) is 3. The molecule has 0 aliphatic rings. The summed E-state index contributed by atoms with van der Waals surface area (Å²) in [5.74, 6) is -0.138. The van der Waals surface area contributed by atoms with Gasteiger partial charge in [0.15, 0.2) is 0 Å². The summed E-state index contributed by atoms with van der Waals surface area (Å²) in [5, 5.41) is 14.5. The van der Waals surface area contributed by atoms with Gasteiger partial charge in [0.2, 0.25) is 0 Å². The highest BCUT2D eigenvalue weighted by Gasteiger charge is 2.09. The molecule has 1 aromatic rings. The molecular formula is C11H15BrFN3O. The quantitative estimate of drug-likeness (QED) is 0.347. The molecule has 0 saturated heterocycles. The average Bonchev–Trinajstić information content (AvgIpc) is 2.25. The van der Waals surface area contributed by atoms with Gasteiger partial charge in [-0.25, -0.2) is 4.39 Å². The number of hydrogen-bond acceptors (Lipinski definition) is 3. The average molecular weight is 304 g/mol. The van der Waals surface area contributed by atoms with Crippen LogP contribution in [0, 0.1) is 12.7 Å². The molecule has 4 N–H and O–H groups in total. The van der Waals surface area contributed by atoms with Crippen molar-refractivity contribution in [1.29, 1.82) is 0 Å². The number of nitrogens with two attached hydrogens (primary N) is 1. The minimum Gasteiger partial charge on any atom is -0.409 e. The number of nitrogens with one attached hydrogen (secondary N) is 1. The largest absolute Gasteiger partial charge is 0.409 e. The van der Waals surface area contributed by atoms with Crippen LogP contribution >= 0.6 is 15.9 Å². The molecule has 0 aromatic heterocycles. The Morgan fingerprint density at radius 2 is 2.29 bits per heavy atom. The number of oxime groups is 1. The third-order valence-electron chi connectivity index (χ3n) is 2.31. The molecule has 0 radical (unpaired) electrons. The predicted molar refractivity (Wildman–Crippen MR) is 69.9 cm³/mol. The van der Waals surface area contributed by atoms with E-state index in [9.17, 15) is 4.39 Å². The zero-order valence-corrected chi connectivity index (χ0v) is 11.3. The summed E-state index contributed by atoms with van der Waals surface area (Å²) in [6.45, 7) is 3.71. The predicted octanol–water partition coefficient (Wildman–Crippen LogP) is 2.83. The zero-order valence-electron chi connectivity index (χ0n) is 9.67. The van der Waals surface area contributed by atoms with E-state index in [2.05, 4.69) is 26.4 Å². The molecule has 1 atom stereocenters. The van der Waals surface area contributed by atoms with Crippen molar-refractivity contribution in [1.82, 2.24) is 0 Å². The lowest BCUT2D eigenvalue weighted by Crippen LogP contribution is -2.24. The van der Waals surface area contributed by atoms with Crippen LogP contribution in [0.4, 0.5) is 10.1 Å². The standard InChI is InChI=1S/C11H15BrFN3O/c1-6-3-9(13)8(12)5-10(6)15-7(2)4-11(14)16-17/h3,5,7,15,17H,4H2,1-2H3,(H2,14,16). The van der Waals surface area contributed by atoms with E-state index in [-0.39, 0.29) is 17.7 Å². The van der Waals surface area contributed by atoms with Gasteiger partial charge in [-0.1, -0.05) is 5.16 Å².